The van der Waals surface area contributed by atoms with Gasteiger partial charge in [0.15, 0.2) is 0 Å². The predicted octanol–water partition coefficient (Wildman–Crippen LogP) is 5.10. The summed E-state index contributed by atoms with van der Waals surface area (Å²) in [5, 5.41) is 5.39. The molecule has 0 bridgehead atoms. The fourth-order valence-corrected chi connectivity index (χ4v) is 3.87. The Bertz CT molecular complexity index is 806. The number of rotatable bonds is 7. The van der Waals surface area contributed by atoms with Crippen LogP contribution < -0.4 is 0 Å². The van der Waals surface area contributed by atoms with Crippen LogP contribution in [0.3, 0.4) is 0 Å². The zero-order valence-electron chi connectivity index (χ0n) is 17.0. The van der Waals surface area contributed by atoms with E-state index in [1.165, 1.54) is 0 Å². The van der Waals surface area contributed by atoms with Gasteiger partial charge in [0.2, 0.25) is 5.91 Å². The minimum absolute atomic E-state index is 0.0496. The topological polar surface area (TPSA) is 38.1 Å². The minimum Gasteiger partial charge on any atom is -0.333 e. The first-order chi connectivity index (χ1) is 12.8. The average molecular weight is 388 g/mol. The van der Waals surface area contributed by atoms with Crippen molar-refractivity contribution in [2.75, 3.05) is 0 Å². The van der Waals surface area contributed by atoms with Gasteiger partial charge < -0.3 is 4.90 Å². The summed E-state index contributed by atoms with van der Waals surface area (Å²) < 4.78 is 2.05. The molecule has 146 valence electrons. The highest BCUT2D eigenvalue weighted by atomic mass is 35.5. The number of amides is 1. The molecule has 1 atom stereocenters. The second kappa shape index (κ2) is 8.05. The first kappa shape index (κ1) is 19.9. The van der Waals surface area contributed by atoms with Crippen LogP contribution in [0.5, 0.6) is 0 Å². The molecule has 1 unspecified atom stereocenters. The molecular formula is C22H30ClN3O. The third-order valence-electron chi connectivity index (χ3n) is 5.40. The lowest BCUT2D eigenvalue weighted by Crippen LogP contribution is -2.36. The highest BCUT2D eigenvalue weighted by molar-refractivity contribution is 6.30. The lowest BCUT2D eigenvalue weighted by molar-refractivity contribution is -0.133. The van der Waals surface area contributed by atoms with E-state index in [0.29, 0.717) is 18.4 Å². The highest BCUT2D eigenvalue weighted by Gasteiger charge is 2.36. The molecule has 0 N–H and O–H groups in total. The Morgan fingerprint density at radius 1 is 1.22 bits per heavy atom. The van der Waals surface area contributed by atoms with Crippen molar-refractivity contribution in [3.63, 3.8) is 0 Å². The van der Waals surface area contributed by atoms with E-state index in [0.717, 1.165) is 46.9 Å². The van der Waals surface area contributed by atoms with E-state index in [2.05, 4.69) is 37.7 Å². The van der Waals surface area contributed by atoms with Gasteiger partial charge in [-0.25, -0.2) is 0 Å². The van der Waals surface area contributed by atoms with E-state index in [-0.39, 0.29) is 11.9 Å². The van der Waals surface area contributed by atoms with E-state index in [1.807, 2.05) is 35.9 Å². The number of aromatic nitrogens is 2. The molecule has 1 saturated carbocycles. The summed E-state index contributed by atoms with van der Waals surface area (Å²) in [6.45, 7) is 11.5. The van der Waals surface area contributed by atoms with Gasteiger partial charge in [-0.05, 0) is 57.2 Å². The second-order valence-corrected chi connectivity index (χ2v) is 8.60. The molecule has 3 rings (SSSR count). The van der Waals surface area contributed by atoms with Crippen LogP contribution in [0.4, 0.5) is 0 Å². The lowest BCUT2D eigenvalue weighted by atomic mass is 10.0. The first-order valence-corrected chi connectivity index (χ1v) is 10.2. The molecule has 1 aliphatic rings. The Kier molecular flexibility index (Phi) is 5.95. The zero-order valence-corrected chi connectivity index (χ0v) is 17.8. The number of carbonyl (C=O) groups excluding carboxylic acids is 1. The minimum atomic E-state index is 0.0496. The molecule has 1 aromatic heterocycles. The molecular weight excluding hydrogens is 358 g/mol. The highest BCUT2D eigenvalue weighted by Crippen LogP contribution is 2.35. The predicted molar refractivity (Wildman–Crippen MR) is 110 cm³/mol. The van der Waals surface area contributed by atoms with Gasteiger partial charge in [-0.3, -0.25) is 9.48 Å². The molecule has 0 radical (unpaired) electrons. The Labute approximate surface area is 167 Å². The van der Waals surface area contributed by atoms with Crippen LogP contribution in [0.1, 0.15) is 62.2 Å². The molecule has 1 aromatic carbocycles. The van der Waals surface area contributed by atoms with Gasteiger partial charge in [0.05, 0.1) is 18.2 Å². The lowest BCUT2D eigenvalue weighted by Gasteiger charge is -2.30. The maximum atomic E-state index is 13.3. The summed E-state index contributed by atoms with van der Waals surface area (Å²) in [6, 6.07) is 8.24. The fourth-order valence-electron chi connectivity index (χ4n) is 3.75. The van der Waals surface area contributed by atoms with Crippen molar-refractivity contribution < 1.29 is 4.79 Å². The van der Waals surface area contributed by atoms with Crippen molar-refractivity contribution in [2.24, 2.45) is 5.92 Å². The van der Waals surface area contributed by atoms with Gasteiger partial charge in [0.1, 0.15) is 0 Å². The molecule has 1 aliphatic carbocycles. The number of benzene rings is 1. The van der Waals surface area contributed by atoms with Crippen molar-refractivity contribution in [1.29, 1.82) is 0 Å². The maximum Gasteiger partial charge on any atom is 0.227 e. The van der Waals surface area contributed by atoms with Gasteiger partial charge in [0.25, 0.3) is 0 Å². The molecule has 1 amide bonds. The van der Waals surface area contributed by atoms with E-state index < -0.39 is 0 Å². The fraction of sp³-hybridized carbons (Fsp3) is 0.545. The summed E-state index contributed by atoms with van der Waals surface area (Å²) in [7, 11) is 0. The normalized spacial score (nSPS) is 15.2. The average Bonchev–Trinajstić information content (AvgIpc) is 3.39. The van der Waals surface area contributed by atoms with Crippen LogP contribution in [0, 0.1) is 19.8 Å². The van der Waals surface area contributed by atoms with Crippen molar-refractivity contribution in [1.82, 2.24) is 14.7 Å². The molecule has 1 fully saturated rings. The third kappa shape index (κ3) is 4.55. The Hall–Kier alpha value is -1.81. The molecule has 27 heavy (non-hydrogen) atoms. The smallest absolute Gasteiger partial charge is 0.227 e. The van der Waals surface area contributed by atoms with Crippen LogP contribution in [0.25, 0.3) is 0 Å². The van der Waals surface area contributed by atoms with Crippen LogP contribution in [-0.4, -0.2) is 26.6 Å². The largest absolute Gasteiger partial charge is 0.333 e. The number of aryl methyl sites for hydroxylation is 1. The number of hydrogen-bond donors (Lipinski definition) is 0. The van der Waals surface area contributed by atoms with Gasteiger partial charge in [-0.1, -0.05) is 37.6 Å². The third-order valence-corrected chi connectivity index (χ3v) is 5.65. The number of carbonyl (C=O) groups is 1. The molecule has 5 heteroatoms. The molecule has 0 spiro atoms. The van der Waals surface area contributed by atoms with Crippen molar-refractivity contribution >= 4 is 17.5 Å². The Balaban J connectivity index is 1.80. The van der Waals surface area contributed by atoms with Gasteiger partial charge in [-0.15, -0.1) is 0 Å². The number of hydrogen-bond acceptors (Lipinski definition) is 2. The monoisotopic (exact) mass is 387 g/mol. The second-order valence-electron chi connectivity index (χ2n) is 8.16. The summed E-state index contributed by atoms with van der Waals surface area (Å²) in [4.78, 5) is 15.3. The van der Waals surface area contributed by atoms with Crippen LogP contribution in [-0.2, 0) is 17.8 Å². The summed E-state index contributed by atoms with van der Waals surface area (Å²) in [5.41, 5.74) is 4.29. The van der Waals surface area contributed by atoms with Gasteiger partial charge in [-0.2, -0.15) is 5.10 Å². The number of halogens is 1. The first-order valence-electron chi connectivity index (χ1n) is 9.87. The standard InChI is InChI=1S/C22H30ClN3O/c1-14(2)13-25-17(5)21(15(3)24-25)12-22(27)26(20-10-11-20)16(4)18-6-8-19(23)9-7-18/h6-9,14,16,20H,10-13H2,1-5H3. The Morgan fingerprint density at radius 3 is 2.41 bits per heavy atom. The SMILES string of the molecule is Cc1nn(CC(C)C)c(C)c1CC(=O)N(C1CC1)C(C)c1ccc(Cl)cc1. The molecule has 2 aromatic rings. The maximum absolute atomic E-state index is 13.3. The molecule has 0 saturated heterocycles. The van der Waals surface area contributed by atoms with Gasteiger partial charge >= 0.3 is 0 Å². The summed E-state index contributed by atoms with van der Waals surface area (Å²) >= 11 is 6.02. The molecule has 1 heterocycles. The van der Waals surface area contributed by atoms with Crippen molar-refractivity contribution in [2.45, 2.75) is 72.5 Å². The number of nitrogens with zero attached hydrogens (tertiary/aromatic N) is 3. The van der Waals surface area contributed by atoms with Crippen LogP contribution >= 0.6 is 11.6 Å². The summed E-state index contributed by atoms with van der Waals surface area (Å²) in [6.07, 6.45) is 2.60. The van der Waals surface area contributed by atoms with E-state index in [1.54, 1.807) is 0 Å². The quantitative estimate of drug-likeness (QED) is 0.662. The zero-order chi connectivity index (χ0) is 19.7. The molecule has 4 nitrogen and oxygen atoms in total. The van der Waals surface area contributed by atoms with Crippen molar-refractivity contribution in [3.8, 4) is 0 Å². The van der Waals surface area contributed by atoms with Crippen LogP contribution in [0.15, 0.2) is 24.3 Å². The Morgan fingerprint density at radius 2 is 1.85 bits per heavy atom. The van der Waals surface area contributed by atoms with Gasteiger partial charge in [0, 0.05) is 28.9 Å². The van der Waals surface area contributed by atoms with E-state index in [4.69, 9.17) is 11.6 Å². The van der Waals surface area contributed by atoms with Crippen LogP contribution in [0.2, 0.25) is 5.02 Å². The van der Waals surface area contributed by atoms with E-state index >= 15 is 0 Å². The van der Waals surface area contributed by atoms with Crippen molar-refractivity contribution in [3.05, 3.63) is 51.8 Å². The van der Waals surface area contributed by atoms with E-state index in [9.17, 15) is 4.79 Å². The molecule has 0 aliphatic heterocycles. The summed E-state index contributed by atoms with van der Waals surface area (Å²) in [5.74, 6) is 0.717.